The van der Waals surface area contributed by atoms with Gasteiger partial charge in [-0.15, -0.1) is 0 Å². The van der Waals surface area contributed by atoms with Crippen LogP contribution in [0.5, 0.6) is 0 Å². The molecule has 1 N–H and O–H groups in total. The summed E-state index contributed by atoms with van der Waals surface area (Å²) in [5.74, 6) is -0.282. The predicted molar refractivity (Wildman–Crippen MR) is 210 cm³/mol. The van der Waals surface area contributed by atoms with E-state index in [1.165, 1.54) is 148 Å². The average Bonchev–Trinajstić information content (AvgIpc) is 3.88. The summed E-state index contributed by atoms with van der Waals surface area (Å²) in [6, 6.07) is 0. The maximum atomic E-state index is 11.7. The topological polar surface area (TPSA) is 80.8 Å². The zero-order valence-electron chi connectivity index (χ0n) is 33.7. The monoisotopic (exact) mass is 712 g/mol. The Morgan fingerprint density at radius 2 is 0.980 bits per heavy atom. The van der Waals surface area contributed by atoms with Crippen molar-refractivity contribution in [3.63, 3.8) is 0 Å². The standard InChI is InChI=1S/C43H85NO6/c1-4-7-10-13-17-24-31-41(32-25-18-14-11-8-5-2)50-43(40-49-43)33-26-19-16-20-27-34-44(36-37-45)35-28-21-23-30-39-48-42(46)47-38-29-22-15-12-9-6-3/h41,45H,4-40H2,1-3H3. The number of unbranched alkanes of at least 4 members (excludes halogenated alkanes) is 22. The van der Waals surface area contributed by atoms with E-state index in [2.05, 4.69) is 25.7 Å². The van der Waals surface area contributed by atoms with E-state index in [0.29, 0.717) is 19.3 Å². The molecule has 0 aliphatic carbocycles. The molecule has 0 amide bonds. The van der Waals surface area contributed by atoms with Gasteiger partial charge in [0.1, 0.15) is 6.61 Å². The number of aliphatic hydroxyl groups is 1. The maximum Gasteiger partial charge on any atom is 0.508 e. The van der Waals surface area contributed by atoms with Crippen LogP contribution in [0.15, 0.2) is 0 Å². The number of hydrogen-bond acceptors (Lipinski definition) is 7. The fourth-order valence-corrected chi connectivity index (χ4v) is 6.99. The van der Waals surface area contributed by atoms with Crippen molar-refractivity contribution < 1.29 is 28.8 Å². The number of nitrogens with zero attached hydrogens (tertiary/aromatic N) is 1. The van der Waals surface area contributed by atoms with Gasteiger partial charge in [0, 0.05) is 13.0 Å². The summed E-state index contributed by atoms with van der Waals surface area (Å²) in [5, 5.41) is 9.56. The Labute approximate surface area is 310 Å². The molecule has 1 saturated heterocycles. The Morgan fingerprint density at radius 3 is 1.42 bits per heavy atom. The van der Waals surface area contributed by atoms with E-state index >= 15 is 0 Å². The second-order valence-electron chi connectivity index (χ2n) is 15.3. The van der Waals surface area contributed by atoms with Gasteiger partial charge in [-0.05, 0) is 58.0 Å². The van der Waals surface area contributed by atoms with Gasteiger partial charge in [-0.3, -0.25) is 0 Å². The van der Waals surface area contributed by atoms with E-state index in [0.717, 1.165) is 71.2 Å². The van der Waals surface area contributed by atoms with Crippen molar-refractivity contribution in [1.29, 1.82) is 0 Å². The van der Waals surface area contributed by atoms with Crippen molar-refractivity contribution in [2.24, 2.45) is 0 Å². The summed E-state index contributed by atoms with van der Waals surface area (Å²) < 4.78 is 23.1. The summed E-state index contributed by atoms with van der Waals surface area (Å²) >= 11 is 0. The fraction of sp³-hybridized carbons (Fsp3) is 0.977. The summed E-state index contributed by atoms with van der Waals surface area (Å²) in [6.07, 6.45) is 36.7. The SMILES string of the molecule is CCCCCCCCOC(=O)OCCCCCCN(CCO)CCCCCCCC1(OC(CCCCCCCC)CCCCCCCC)CO1. The molecule has 0 spiro atoms. The highest BCUT2D eigenvalue weighted by molar-refractivity contribution is 5.59. The predicted octanol–water partition coefficient (Wildman–Crippen LogP) is 12.3. The summed E-state index contributed by atoms with van der Waals surface area (Å²) in [5.41, 5.74) is 0. The van der Waals surface area contributed by atoms with Crippen LogP contribution in [-0.4, -0.2) is 74.1 Å². The van der Waals surface area contributed by atoms with E-state index in [4.69, 9.17) is 18.9 Å². The van der Waals surface area contributed by atoms with Gasteiger partial charge in [0.15, 0.2) is 5.79 Å². The largest absolute Gasteiger partial charge is 0.508 e. The summed E-state index contributed by atoms with van der Waals surface area (Å²) in [6.45, 7) is 11.5. The zero-order chi connectivity index (χ0) is 36.2. The van der Waals surface area contributed by atoms with Gasteiger partial charge in [0.05, 0.1) is 25.9 Å². The van der Waals surface area contributed by atoms with E-state index < -0.39 is 6.16 Å². The first-order valence-electron chi connectivity index (χ1n) is 22.0. The molecular weight excluding hydrogens is 626 g/mol. The molecule has 1 heterocycles. The van der Waals surface area contributed by atoms with Gasteiger partial charge < -0.3 is 29.0 Å². The fourth-order valence-electron chi connectivity index (χ4n) is 6.99. The lowest BCUT2D eigenvalue weighted by Crippen LogP contribution is -2.29. The number of epoxide rings is 1. The molecule has 1 atom stereocenters. The van der Waals surface area contributed by atoms with Crippen LogP contribution in [0.1, 0.15) is 213 Å². The molecule has 0 bridgehead atoms. The quantitative estimate of drug-likeness (QED) is 0.0385. The number of ether oxygens (including phenoxy) is 4. The van der Waals surface area contributed by atoms with Gasteiger partial charge in [0.25, 0.3) is 0 Å². The van der Waals surface area contributed by atoms with Crippen molar-refractivity contribution in [2.75, 3.05) is 46.1 Å². The number of aliphatic hydroxyl groups excluding tert-OH is 1. The van der Waals surface area contributed by atoms with Crippen LogP contribution >= 0.6 is 0 Å². The highest BCUT2D eigenvalue weighted by atomic mass is 16.8. The first kappa shape index (κ1) is 47.1. The smallest absolute Gasteiger partial charge is 0.434 e. The van der Waals surface area contributed by atoms with Crippen molar-refractivity contribution >= 4 is 6.16 Å². The van der Waals surface area contributed by atoms with Crippen LogP contribution in [0.4, 0.5) is 4.79 Å². The lowest BCUT2D eigenvalue weighted by Gasteiger charge is -2.23. The van der Waals surface area contributed by atoms with E-state index in [1.807, 2.05) is 0 Å². The second kappa shape index (κ2) is 35.2. The number of hydrogen-bond donors (Lipinski definition) is 1. The molecule has 0 aromatic heterocycles. The van der Waals surface area contributed by atoms with Gasteiger partial charge in [-0.2, -0.15) is 0 Å². The third kappa shape index (κ3) is 29.7. The Kier molecular flexibility index (Phi) is 33.1. The lowest BCUT2D eigenvalue weighted by atomic mass is 10.0. The molecule has 1 aliphatic heterocycles. The Bertz CT molecular complexity index is 702. The molecule has 1 rings (SSSR count). The molecule has 1 aliphatic rings. The molecule has 0 aromatic carbocycles. The van der Waals surface area contributed by atoms with E-state index in [1.54, 1.807) is 0 Å². The molecule has 0 radical (unpaired) electrons. The molecule has 298 valence electrons. The summed E-state index contributed by atoms with van der Waals surface area (Å²) in [7, 11) is 0. The summed E-state index contributed by atoms with van der Waals surface area (Å²) in [4.78, 5) is 14.1. The van der Waals surface area contributed by atoms with Gasteiger partial charge in [-0.1, -0.05) is 162 Å². The van der Waals surface area contributed by atoms with Crippen LogP contribution in [0.3, 0.4) is 0 Å². The minimum Gasteiger partial charge on any atom is -0.434 e. The highest BCUT2D eigenvalue weighted by Gasteiger charge is 2.47. The van der Waals surface area contributed by atoms with Crippen LogP contribution in [0.2, 0.25) is 0 Å². The van der Waals surface area contributed by atoms with Crippen molar-refractivity contribution in [3.05, 3.63) is 0 Å². The molecule has 7 heteroatoms. The first-order chi connectivity index (χ1) is 24.6. The maximum absolute atomic E-state index is 11.7. The van der Waals surface area contributed by atoms with E-state index in [9.17, 15) is 9.90 Å². The highest BCUT2D eigenvalue weighted by Crippen LogP contribution is 2.37. The number of carbonyl (C=O) groups is 1. The minimum atomic E-state index is -0.521. The number of rotatable bonds is 40. The third-order valence-electron chi connectivity index (χ3n) is 10.4. The van der Waals surface area contributed by atoms with Crippen molar-refractivity contribution in [1.82, 2.24) is 4.90 Å². The molecule has 0 aromatic rings. The second-order valence-corrected chi connectivity index (χ2v) is 15.3. The molecular formula is C43H85NO6. The number of carbonyl (C=O) groups excluding carboxylic acids is 1. The van der Waals surface area contributed by atoms with Crippen molar-refractivity contribution in [2.45, 2.75) is 225 Å². The van der Waals surface area contributed by atoms with E-state index in [-0.39, 0.29) is 12.4 Å². The Hall–Kier alpha value is -0.890. The van der Waals surface area contributed by atoms with Crippen LogP contribution < -0.4 is 0 Å². The molecule has 1 fully saturated rings. The van der Waals surface area contributed by atoms with Gasteiger partial charge >= 0.3 is 6.16 Å². The minimum absolute atomic E-state index is 0.218. The molecule has 1 unspecified atom stereocenters. The zero-order valence-corrected chi connectivity index (χ0v) is 33.7. The van der Waals surface area contributed by atoms with Crippen LogP contribution in [0, 0.1) is 0 Å². The normalized spacial score (nSPS) is 15.7. The molecule has 50 heavy (non-hydrogen) atoms. The lowest BCUT2D eigenvalue weighted by molar-refractivity contribution is -0.102. The Morgan fingerprint density at radius 1 is 0.580 bits per heavy atom. The third-order valence-corrected chi connectivity index (χ3v) is 10.4. The average molecular weight is 712 g/mol. The Balaban J connectivity index is 2.12. The molecule has 0 saturated carbocycles. The molecule has 7 nitrogen and oxygen atoms in total. The van der Waals surface area contributed by atoms with Gasteiger partial charge in [-0.25, -0.2) is 4.79 Å². The first-order valence-corrected chi connectivity index (χ1v) is 22.0. The van der Waals surface area contributed by atoms with Crippen LogP contribution in [-0.2, 0) is 18.9 Å². The van der Waals surface area contributed by atoms with Crippen molar-refractivity contribution in [3.8, 4) is 0 Å². The van der Waals surface area contributed by atoms with Gasteiger partial charge in [0.2, 0.25) is 0 Å². The van der Waals surface area contributed by atoms with Crippen LogP contribution in [0.25, 0.3) is 0 Å².